The SMILES string of the molecule is O=C(c1nn(Cc2ccccc2)c(=O)c2ccccc12)N1CCN(c2ccncc2)CC1. The average Bonchev–Trinajstić information content (AvgIpc) is 2.87. The van der Waals surface area contributed by atoms with Crippen molar-refractivity contribution in [3.8, 4) is 0 Å². The van der Waals surface area contributed by atoms with Crippen LogP contribution >= 0.6 is 0 Å². The lowest BCUT2D eigenvalue weighted by molar-refractivity contribution is 0.0740. The van der Waals surface area contributed by atoms with Gasteiger partial charge in [0.25, 0.3) is 11.5 Å². The predicted octanol–water partition coefficient (Wildman–Crippen LogP) is 2.80. The maximum Gasteiger partial charge on any atom is 0.275 e. The van der Waals surface area contributed by atoms with E-state index in [0.29, 0.717) is 36.1 Å². The lowest BCUT2D eigenvalue weighted by Crippen LogP contribution is -2.49. The Morgan fingerprint density at radius 2 is 1.47 bits per heavy atom. The van der Waals surface area contributed by atoms with Crippen molar-refractivity contribution in [1.82, 2.24) is 19.7 Å². The summed E-state index contributed by atoms with van der Waals surface area (Å²) >= 11 is 0. The highest BCUT2D eigenvalue weighted by Crippen LogP contribution is 2.19. The summed E-state index contributed by atoms with van der Waals surface area (Å²) in [5, 5.41) is 5.65. The number of rotatable bonds is 4. The van der Waals surface area contributed by atoms with Crippen molar-refractivity contribution in [2.45, 2.75) is 6.54 Å². The molecule has 0 radical (unpaired) electrons. The summed E-state index contributed by atoms with van der Waals surface area (Å²) < 4.78 is 1.40. The Morgan fingerprint density at radius 1 is 0.812 bits per heavy atom. The minimum absolute atomic E-state index is 0.141. The molecule has 1 saturated heterocycles. The third-order valence-electron chi connectivity index (χ3n) is 5.84. The summed E-state index contributed by atoms with van der Waals surface area (Å²) in [7, 11) is 0. The van der Waals surface area contributed by atoms with Gasteiger partial charge in [0.2, 0.25) is 0 Å². The zero-order valence-electron chi connectivity index (χ0n) is 17.6. The number of nitrogens with zero attached hydrogens (tertiary/aromatic N) is 5. The van der Waals surface area contributed by atoms with Crippen LogP contribution in [0.5, 0.6) is 0 Å². The van der Waals surface area contributed by atoms with Crippen molar-refractivity contribution in [3.63, 3.8) is 0 Å². The number of amides is 1. The summed E-state index contributed by atoms with van der Waals surface area (Å²) in [5.41, 5.74) is 2.20. The number of benzene rings is 2. The van der Waals surface area contributed by atoms with Crippen molar-refractivity contribution in [3.05, 3.63) is 101 Å². The molecule has 2 aromatic heterocycles. The highest BCUT2D eigenvalue weighted by Gasteiger charge is 2.26. The summed E-state index contributed by atoms with van der Waals surface area (Å²) in [5.74, 6) is -0.141. The van der Waals surface area contributed by atoms with E-state index in [1.165, 1.54) is 4.68 Å². The van der Waals surface area contributed by atoms with Gasteiger partial charge in [-0.05, 0) is 23.8 Å². The van der Waals surface area contributed by atoms with Gasteiger partial charge < -0.3 is 9.80 Å². The quantitative estimate of drug-likeness (QED) is 0.503. The summed E-state index contributed by atoms with van der Waals surface area (Å²) in [6.07, 6.45) is 3.55. The van der Waals surface area contributed by atoms with E-state index in [1.807, 2.05) is 59.5 Å². The van der Waals surface area contributed by atoms with E-state index in [0.717, 1.165) is 24.3 Å². The molecular weight excluding hydrogens is 402 g/mol. The third kappa shape index (κ3) is 3.85. The van der Waals surface area contributed by atoms with Gasteiger partial charge in [0.1, 0.15) is 0 Å². The van der Waals surface area contributed by atoms with E-state index in [1.54, 1.807) is 24.5 Å². The van der Waals surface area contributed by atoms with E-state index >= 15 is 0 Å². The van der Waals surface area contributed by atoms with Crippen LogP contribution in [0.1, 0.15) is 16.1 Å². The Morgan fingerprint density at radius 3 is 2.19 bits per heavy atom. The van der Waals surface area contributed by atoms with E-state index in [9.17, 15) is 9.59 Å². The summed E-state index contributed by atoms with van der Waals surface area (Å²) in [4.78, 5) is 34.7. The lowest BCUT2D eigenvalue weighted by atomic mass is 10.1. The van der Waals surface area contributed by atoms with Gasteiger partial charge in [-0.3, -0.25) is 14.6 Å². The number of hydrogen-bond donors (Lipinski definition) is 0. The molecular formula is C25H23N5O2. The van der Waals surface area contributed by atoms with Crippen LogP contribution in [0.2, 0.25) is 0 Å². The first-order chi connectivity index (χ1) is 15.7. The molecule has 0 N–H and O–H groups in total. The first-order valence-electron chi connectivity index (χ1n) is 10.7. The maximum absolute atomic E-state index is 13.5. The minimum atomic E-state index is -0.191. The number of aromatic nitrogens is 3. The molecule has 7 heteroatoms. The number of anilines is 1. The molecule has 2 aromatic carbocycles. The van der Waals surface area contributed by atoms with E-state index in [4.69, 9.17) is 0 Å². The molecule has 5 rings (SSSR count). The Labute approximate surface area is 185 Å². The Hall–Kier alpha value is -4.00. The molecule has 0 bridgehead atoms. The van der Waals surface area contributed by atoms with Gasteiger partial charge in [-0.25, -0.2) is 4.68 Å². The van der Waals surface area contributed by atoms with Gasteiger partial charge >= 0.3 is 0 Å². The maximum atomic E-state index is 13.5. The predicted molar refractivity (Wildman–Crippen MR) is 124 cm³/mol. The number of hydrogen-bond acceptors (Lipinski definition) is 5. The van der Waals surface area contributed by atoms with E-state index in [2.05, 4.69) is 15.0 Å². The average molecular weight is 425 g/mol. The van der Waals surface area contributed by atoms with Gasteiger partial charge in [-0.2, -0.15) is 5.10 Å². The monoisotopic (exact) mass is 425 g/mol. The lowest BCUT2D eigenvalue weighted by Gasteiger charge is -2.36. The first kappa shape index (κ1) is 19.9. The summed E-state index contributed by atoms with van der Waals surface area (Å²) in [6.45, 7) is 2.97. The summed E-state index contributed by atoms with van der Waals surface area (Å²) in [6, 6.07) is 20.9. The molecule has 7 nitrogen and oxygen atoms in total. The van der Waals surface area contributed by atoms with Crippen LogP contribution in [0.3, 0.4) is 0 Å². The van der Waals surface area contributed by atoms with Gasteiger partial charge in [0.05, 0.1) is 11.9 Å². The number of fused-ring (bicyclic) bond motifs is 1. The molecule has 4 aromatic rings. The molecule has 0 aliphatic carbocycles. The fourth-order valence-electron chi connectivity index (χ4n) is 4.13. The zero-order valence-corrected chi connectivity index (χ0v) is 17.6. The number of carbonyl (C=O) groups excluding carboxylic acids is 1. The topological polar surface area (TPSA) is 71.3 Å². The van der Waals surface area contributed by atoms with E-state index in [-0.39, 0.29) is 11.5 Å². The van der Waals surface area contributed by atoms with Crippen LogP contribution in [0.4, 0.5) is 5.69 Å². The molecule has 0 unspecified atom stereocenters. The largest absolute Gasteiger partial charge is 0.368 e. The standard InChI is InChI=1S/C25H23N5O2/c31-24-22-9-5-4-8-21(22)23(27-30(24)18-19-6-2-1-3-7-19)25(32)29-16-14-28(15-17-29)20-10-12-26-13-11-20/h1-13H,14-18H2. The second-order valence-electron chi connectivity index (χ2n) is 7.83. The molecule has 1 fully saturated rings. The van der Waals surface area contributed by atoms with Crippen molar-refractivity contribution >= 4 is 22.4 Å². The van der Waals surface area contributed by atoms with Gasteiger partial charge in [0.15, 0.2) is 5.69 Å². The van der Waals surface area contributed by atoms with Crippen molar-refractivity contribution < 1.29 is 4.79 Å². The molecule has 1 aliphatic rings. The van der Waals surface area contributed by atoms with Crippen LogP contribution in [-0.2, 0) is 6.54 Å². The minimum Gasteiger partial charge on any atom is -0.368 e. The highest BCUT2D eigenvalue weighted by atomic mass is 16.2. The Balaban J connectivity index is 1.45. The van der Waals surface area contributed by atoms with Gasteiger partial charge in [0, 0.05) is 49.6 Å². The zero-order chi connectivity index (χ0) is 21.9. The molecule has 3 heterocycles. The van der Waals surface area contributed by atoms with Crippen LogP contribution in [0.15, 0.2) is 83.9 Å². The molecule has 0 spiro atoms. The van der Waals surface area contributed by atoms with E-state index < -0.39 is 0 Å². The fraction of sp³-hybridized carbons (Fsp3) is 0.200. The van der Waals surface area contributed by atoms with Crippen LogP contribution in [0.25, 0.3) is 10.8 Å². The number of pyridine rings is 1. The van der Waals surface area contributed by atoms with Gasteiger partial charge in [-0.1, -0.05) is 48.5 Å². The molecule has 160 valence electrons. The first-order valence-corrected chi connectivity index (χ1v) is 10.7. The Bertz CT molecular complexity index is 1300. The molecule has 0 atom stereocenters. The van der Waals surface area contributed by atoms with Gasteiger partial charge in [-0.15, -0.1) is 0 Å². The molecule has 1 amide bonds. The van der Waals surface area contributed by atoms with Crippen molar-refractivity contribution in [2.24, 2.45) is 0 Å². The van der Waals surface area contributed by atoms with Crippen LogP contribution < -0.4 is 10.5 Å². The second-order valence-corrected chi connectivity index (χ2v) is 7.83. The number of piperazine rings is 1. The van der Waals surface area contributed by atoms with Crippen LogP contribution in [0, 0.1) is 0 Å². The fourth-order valence-corrected chi connectivity index (χ4v) is 4.13. The molecule has 1 aliphatic heterocycles. The molecule has 0 saturated carbocycles. The normalized spacial score (nSPS) is 14.0. The molecule has 32 heavy (non-hydrogen) atoms. The Kier molecular flexibility index (Phi) is 5.37. The van der Waals surface area contributed by atoms with Crippen molar-refractivity contribution in [1.29, 1.82) is 0 Å². The third-order valence-corrected chi connectivity index (χ3v) is 5.84. The highest BCUT2D eigenvalue weighted by molar-refractivity contribution is 6.04. The second kappa shape index (κ2) is 8.63. The van der Waals surface area contributed by atoms with Crippen LogP contribution in [-0.4, -0.2) is 51.8 Å². The van der Waals surface area contributed by atoms with Crippen molar-refractivity contribution in [2.75, 3.05) is 31.1 Å². The smallest absolute Gasteiger partial charge is 0.275 e. The number of carbonyl (C=O) groups is 1.